The predicted molar refractivity (Wildman–Crippen MR) is 164 cm³/mol. The number of nitrogens with zero attached hydrogens (tertiary/aromatic N) is 3. The summed E-state index contributed by atoms with van der Waals surface area (Å²) in [4.78, 5) is 25.3. The van der Waals surface area contributed by atoms with Gasteiger partial charge in [0, 0.05) is 50.6 Å². The van der Waals surface area contributed by atoms with E-state index in [2.05, 4.69) is 49.9 Å². The Kier molecular flexibility index (Phi) is 9.19. The molecule has 0 radical (unpaired) electrons. The molecule has 4 aromatic rings. The van der Waals surface area contributed by atoms with Crippen molar-refractivity contribution < 1.29 is 13.7 Å². The van der Waals surface area contributed by atoms with Gasteiger partial charge in [-0.25, -0.2) is 18.5 Å². The monoisotopic (exact) mass is 587 g/mol. The second-order valence-electron chi connectivity index (χ2n) is 10.3. The summed E-state index contributed by atoms with van der Waals surface area (Å²) in [5.74, 6) is 0.765. The molecule has 5 rings (SSSR count). The zero-order valence-electron chi connectivity index (χ0n) is 24.1. The number of nitrogens with two attached hydrogens (primary N) is 1. The van der Waals surface area contributed by atoms with Crippen LogP contribution in [0.1, 0.15) is 52.9 Å². The molecule has 2 atom stereocenters. The van der Waals surface area contributed by atoms with Gasteiger partial charge in [0.25, 0.3) is 0 Å². The summed E-state index contributed by atoms with van der Waals surface area (Å²) in [5, 5.41) is 6.30. The zero-order chi connectivity index (χ0) is 29.6. The Bertz CT molecular complexity index is 1580. The lowest BCUT2D eigenvalue weighted by Gasteiger charge is -2.24. The predicted octanol–water partition coefficient (Wildman–Crippen LogP) is 4.19. The standard InChI is InChI=1S/C31H37N7O3S/c1-4-33-26-10-9-24(21(3)30(26)32)25(17-29(39)37-18-28-34-12-13-35-28)22-8-7-20(2)23(16-22)19-38-14-15-41-31-27(42(38)40)6-5-11-36-31/h5-13,16,25,33H,4,14-15,17-19,32H2,1-3H3,(H,34,35)(H,37,39). The summed E-state index contributed by atoms with van der Waals surface area (Å²) in [6.45, 7) is 8.49. The molecule has 3 heterocycles. The number of anilines is 2. The van der Waals surface area contributed by atoms with Gasteiger partial charge in [-0.3, -0.25) is 4.79 Å². The number of amides is 1. The van der Waals surface area contributed by atoms with Crippen molar-refractivity contribution in [2.45, 2.75) is 51.1 Å². The van der Waals surface area contributed by atoms with Crippen LogP contribution in [-0.2, 0) is 28.9 Å². The number of ether oxygens (including phenoxy) is 1. The van der Waals surface area contributed by atoms with Crippen molar-refractivity contribution >= 4 is 28.3 Å². The van der Waals surface area contributed by atoms with Gasteiger partial charge in [0.2, 0.25) is 11.8 Å². The van der Waals surface area contributed by atoms with Gasteiger partial charge in [-0.1, -0.05) is 24.3 Å². The second kappa shape index (κ2) is 13.2. The Morgan fingerprint density at radius 1 is 1.19 bits per heavy atom. The number of pyridine rings is 1. The molecule has 11 heteroatoms. The minimum atomic E-state index is -1.42. The molecule has 2 aromatic heterocycles. The summed E-state index contributed by atoms with van der Waals surface area (Å²) in [6.07, 6.45) is 5.26. The number of carbonyl (C=O) groups is 1. The first-order valence-electron chi connectivity index (χ1n) is 14.1. The largest absolute Gasteiger partial charge is 0.475 e. The summed E-state index contributed by atoms with van der Waals surface area (Å²) in [5.41, 5.74) is 13.1. The SMILES string of the molecule is CCNc1ccc(C(CC(=O)NCc2ncc[nH]2)c2ccc(C)c(CN3CCOc4ncccc4S3=O)c2)c(C)c1N. The first kappa shape index (κ1) is 29.3. The number of rotatable bonds is 10. The van der Waals surface area contributed by atoms with Gasteiger partial charge in [0.15, 0.2) is 0 Å². The van der Waals surface area contributed by atoms with Crippen molar-refractivity contribution in [3.8, 4) is 5.88 Å². The fraction of sp³-hybridized carbons (Fsp3) is 0.323. The molecule has 0 spiro atoms. The van der Waals surface area contributed by atoms with Crippen LogP contribution in [0.3, 0.4) is 0 Å². The number of carbonyl (C=O) groups excluding carboxylic acids is 1. The Hall–Kier alpha value is -4.22. The van der Waals surface area contributed by atoms with E-state index in [-0.39, 0.29) is 18.2 Å². The number of fused-ring (bicyclic) bond motifs is 1. The molecule has 1 aliphatic heterocycles. The molecule has 1 aliphatic rings. The number of aryl methyl sites for hydroxylation is 1. The third-order valence-corrected chi connectivity index (χ3v) is 9.03. The van der Waals surface area contributed by atoms with Gasteiger partial charge in [-0.15, -0.1) is 0 Å². The molecule has 0 fully saturated rings. The molecule has 2 unspecified atom stereocenters. The highest BCUT2D eigenvalue weighted by Crippen LogP contribution is 2.37. The maximum atomic E-state index is 13.5. The number of benzene rings is 2. The number of imidazole rings is 1. The number of hydrogen-bond acceptors (Lipinski definition) is 7. The average Bonchev–Trinajstić information content (AvgIpc) is 3.47. The van der Waals surface area contributed by atoms with E-state index in [1.807, 2.05) is 31.1 Å². The van der Waals surface area contributed by atoms with Gasteiger partial charge < -0.3 is 26.1 Å². The molecule has 5 N–H and O–H groups in total. The van der Waals surface area contributed by atoms with Crippen LogP contribution in [0.2, 0.25) is 0 Å². The van der Waals surface area contributed by atoms with E-state index in [9.17, 15) is 9.00 Å². The zero-order valence-corrected chi connectivity index (χ0v) is 25.0. The number of nitrogens with one attached hydrogen (secondary N) is 3. The summed E-state index contributed by atoms with van der Waals surface area (Å²) in [7, 11) is -1.42. The van der Waals surface area contributed by atoms with Gasteiger partial charge in [0.1, 0.15) is 28.3 Å². The van der Waals surface area contributed by atoms with Gasteiger partial charge in [-0.05, 0) is 66.8 Å². The van der Waals surface area contributed by atoms with E-state index >= 15 is 0 Å². The number of aromatic amines is 1. The van der Waals surface area contributed by atoms with Crippen molar-refractivity contribution in [1.29, 1.82) is 0 Å². The minimum Gasteiger partial charge on any atom is -0.475 e. The molecule has 0 saturated carbocycles. The van der Waals surface area contributed by atoms with E-state index < -0.39 is 11.0 Å². The Morgan fingerprint density at radius 2 is 2.05 bits per heavy atom. The molecule has 2 aromatic carbocycles. The highest BCUT2D eigenvalue weighted by molar-refractivity contribution is 7.82. The molecule has 10 nitrogen and oxygen atoms in total. The van der Waals surface area contributed by atoms with E-state index in [0.29, 0.717) is 48.5 Å². The quantitative estimate of drug-likeness (QED) is 0.204. The smallest absolute Gasteiger partial charge is 0.231 e. The van der Waals surface area contributed by atoms with Crippen LogP contribution in [0.25, 0.3) is 0 Å². The molecule has 220 valence electrons. The summed E-state index contributed by atoms with van der Waals surface area (Å²) >= 11 is 0. The minimum absolute atomic E-state index is 0.0952. The highest BCUT2D eigenvalue weighted by Gasteiger charge is 2.26. The maximum Gasteiger partial charge on any atom is 0.231 e. The third kappa shape index (κ3) is 6.47. The van der Waals surface area contributed by atoms with Crippen LogP contribution in [0.5, 0.6) is 5.88 Å². The lowest BCUT2D eigenvalue weighted by Crippen LogP contribution is -2.28. The fourth-order valence-electron chi connectivity index (χ4n) is 5.20. The van der Waals surface area contributed by atoms with Crippen molar-refractivity contribution in [3.05, 3.63) is 94.7 Å². The van der Waals surface area contributed by atoms with E-state index in [4.69, 9.17) is 10.5 Å². The average molecular weight is 588 g/mol. The summed E-state index contributed by atoms with van der Waals surface area (Å²) < 4.78 is 21.2. The Labute approximate surface area is 248 Å². The van der Waals surface area contributed by atoms with Crippen LogP contribution >= 0.6 is 0 Å². The molecule has 0 bridgehead atoms. The molecule has 1 amide bonds. The first-order chi connectivity index (χ1) is 20.4. The topological polar surface area (TPSA) is 138 Å². The molecular formula is C31H37N7O3S. The van der Waals surface area contributed by atoms with Crippen LogP contribution < -0.4 is 21.1 Å². The Morgan fingerprint density at radius 3 is 2.83 bits per heavy atom. The lowest BCUT2D eigenvalue weighted by atomic mass is 9.83. The molecule has 0 saturated heterocycles. The van der Waals surface area contributed by atoms with E-state index in [1.165, 1.54) is 0 Å². The van der Waals surface area contributed by atoms with Crippen LogP contribution in [0, 0.1) is 13.8 Å². The highest BCUT2D eigenvalue weighted by atomic mass is 32.2. The number of H-pyrrole nitrogens is 1. The van der Waals surface area contributed by atoms with Crippen LogP contribution in [0.4, 0.5) is 11.4 Å². The number of hydrogen-bond donors (Lipinski definition) is 4. The lowest BCUT2D eigenvalue weighted by molar-refractivity contribution is -0.121. The van der Waals surface area contributed by atoms with Crippen molar-refractivity contribution in [2.24, 2.45) is 0 Å². The van der Waals surface area contributed by atoms with Crippen molar-refractivity contribution in [1.82, 2.24) is 24.6 Å². The van der Waals surface area contributed by atoms with Gasteiger partial charge >= 0.3 is 0 Å². The van der Waals surface area contributed by atoms with Gasteiger partial charge in [-0.2, -0.15) is 0 Å². The Balaban J connectivity index is 1.46. The molecular weight excluding hydrogens is 550 g/mol. The number of aromatic nitrogens is 3. The number of nitrogen functional groups attached to an aromatic ring is 1. The van der Waals surface area contributed by atoms with E-state index in [1.54, 1.807) is 30.7 Å². The summed E-state index contributed by atoms with van der Waals surface area (Å²) in [6, 6.07) is 13.9. The maximum absolute atomic E-state index is 13.5. The van der Waals surface area contributed by atoms with Crippen molar-refractivity contribution in [2.75, 3.05) is 30.7 Å². The fourth-order valence-corrected chi connectivity index (χ4v) is 6.43. The van der Waals surface area contributed by atoms with Crippen LogP contribution in [-0.4, -0.2) is 49.1 Å². The van der Waals surface area contributed by atoms with Crippen LogP contribution in [0.15, 0.2) is 66.0 Å². The van der Waals surface area contributed by atoms with E-state index in [0.717, 1.165) is 40.0 Å². The third-order valence-electron chi connectivity index (χ3n) is 7.56. The molecule has 0 aliphatic carbocycles. The second-order valence-corrected chi connectivity index (χ2v) is 11.7. The first-order valence-corrected chi connectivity index (χ1v) is 15.2. The van der Waals surface area contributed by atoms with Crippen molar-refractivity contribution in [3.63, 3.8) is 0 Å². The van der Waals surface area contributed by atoms with Gasteiger partial charge in [0.05, 0.1) is 17.9 Å². The molecule has 42 heavy (non-hydrogen) atoms. The normalized spacial score (nSPS) is 15.7.